The van der Waals surface area contributed by atoms with Crippen molar-refractivity contribution in [3.8, 4) is 5.75 Å². The predicted molar refractivity (Wildman–Crippen MR) is 98.5 cm³/mol. The molecule has 0 N–H and O–H groups in total. The Labute approximate surface area is 152 Å². The van der Waals surface area contributed by atoms with E-state index in [4.69, 9.17) is 16.3 Å². The van der Waals surface area contributed by atoms with Crippen LogP contribution in [0.15, 0.2) is 48.5 Å². The minimum Gasteiger partial charge on any atom is -0.474 e. The maximum Gasteiger partial charge on any atom is 0.272 e. The molecule has 1 aliphatic heterocycles. The van der Waals surface area contributed by atoms with Crippen LogP contribution < -0.4 is 9.64 Å². The summed E-state index contributed by atoms with van der Waals surface area (Å²) in [6.07, 6.45) is 0.130. The van der Waals surface area contributed by atoms with Crippen molar-refractivity contribution in [2.75, 3.05) is 11.4 Å². The van der Waals surface area contributed by atoms with E-state index < -0.39 is 11.5 Å². The fraction of sp³-hybridized carbons (Fsp3) is 0.300. The van der Waals surface area contributed by atoms with Gasteiger partial charge in [0.15, 0.2) is 5.78 Å². The lowest BCUT2D eigenvalue weighted by atomic mass is 10.0. The molecule has 2 unspecified atom stereocenters. The molecule has 0 saturated carbocycles. The first-order chi connectivity index (χ1) is 12.0. The zero-order valence-corrected chi connectivity index (χ0v) is 15.0. The van der Waals surface area contributed by atoms with E-state index >= 15 is 0 Å². The molecule has 2 atom stereocenters. The van der Waals surface area contributed by atoms with E-state index in [0.717, 1.165) is 12.0 Å². The SMILES string of the molecule is CCCN1C(=O)C(c2ccccc2)Oc2ccc(C(=O)C(C)Cl)cc21. The summed E-state index contributed by atoms with van der Waals surface area (Å²) < 4.78 is 5.97. The molecule has 1 aliphatic rings. The summed E-state index contributed by atoms with van der Waals surface area (Å²) >= 11 is 5.91. The molecule has 0 radical (unpaired) electrons. The number of ether oxygens (including phenoxy) is 1. The van der Waals surface area contributed by atoms with E-state index in [9.17, 15) is 9.59 Å². The number of rotatable bonds is 5. The quantitative estimate of drug-likeness (QED) is 0.589. The van der Waals surface area contributed by atoms with Gasteiger partial charge in [-0.3, -0.25) is 9.59 Å². The zero-order valence-electron chi connectivity index (χ0n) is 14.2. The van der Waals surface area contributed by atoms with Crippen LogP contribution in [0.5, 0.6) is 5.75 Å². The van der Waals surface area contributed by atoms with E-state index in [1.807, 2.05) is 37.3 Å². The summed E-state index contributed by atoms with van der Waals surface area (Å²) in [5, 5.41) is -0.616. The van der Waals surface area contributed by atoms with Gasteiger partial charge in [-0.1, -0.05) is 37.3 Å². The monoisotopic (exact) mass is 357 g/mol. The first-order valence-electron chi connectivity index (χ1n) is 8.38. The number of hydrogen-bond donors (Lipinski definition) is 0. The Balaban J connectivity index is 2.03. The molecule has 130 valence electrons. The fourth-order valence-electron chi connectivity index (χ4n) is 2.94. The standard InChI is InChI=1S/C20H20ClNO3/c1-3-11-22-16-12-15(18(23)13(2)21)9-10-17(16)25-19(20(22)24)14-7-5-4-6-8-14/h4-10,12-13,19H,3,11H2,1-2H3. The van der Waals surface area contributed by atoms with Crippen molar-refractivity contribution in [2.24, 2.45) is 0 Å². The number of carbonyl (C=O) groups is 2. The third kappa shape index (κ3) is 3.40. The second-order valence-electron chi connectivity index (χ2n) is 6.06. The van der Waals surface area contributed by atoms with Crippen molar-refractivity contribution >= 4 is 29.0 Å². The third-order valence-electron chi connectivity index (χ3n) is 4.18. The van der Waals surface area contributed by atoms with Crippen molar-refractivity contribution in [3.05, 3.63) is 59.7 Å². The minimum absolute atomic E-state index is 0.121. The van der Waals surface area contributed by atoms with Crippen LogP contribution in [0.4, 0.5) is 5.69 Å². The first kappa shape index (κ1) is 17.5. The van der Waals surface area contributed by atoms with Crippen LogP contribution in [-0.2, 0) is 4.79 Å². The lowest BCUT2D eigenvalue weighted by Crippen LogP contribution is -2.41. The Morgan fingerprint density at radius 1 is 1.24 bits per heavy atom. The molecule has 0 aromatic heterocycles. The summed E-state index contributed by atoms with van der Waals surface area (Å²) in [6.45, 7) is 4.21. The molecule has 2 aromatic carbocycles. The zero-order chi connectivity index (χ0) is 18.0. The van der Waals surface area contributed by atoms with Crippen molar-refractivity contribution in [3.63, 3.8) is 0 Å². The van der Waals surface area contributed by atoms with Gasteiger partial charge in [0.1, 0.15) is 5.75 Å². The van der Waals surface area contributed by atoms with Crippen LogP contribution in [0.2, 0.25) is 0 Å². The Kier molecular flexibility index (Phi) is 5.09. The second-order valence-corrected chi connectivity index (χ2v) is 6.72. The summed E-state index contributed by atoms with van der Waals surface area (Å²) in [5.41, 5.74) is 1.92. The van der Waals surface area contributed by atoms with Gasteiger partial charge in [-0.25, -0.2) is 0 Å². The van der Waals surface area contributed by atoms with Crippen molar-refractivity contribution in [2.45, 2.75) is 31.7 Å². The van der Waals surface area contributed by atoms with Gasteiger partial charge in [0.2, 0.25) is 6.10 Å². The molecule has 0 saturated heterocycles. The molecule has 0 aliphatic carbocycles. The Bertz CT molecular complexity index is 789. The number of amides is 1. The molecule has 0 fully saturated rings. The average Bonchev–Trinajstić information content (AvgIpc) is 2.63. The van der Waals surface area contributed by atoms with Gasteiger partial charge < -0.3 is 9.64 Å². The average molecular weight is 358 g/mol. The minimum atomic E-state index is -0.672. The highest BCUT2D eigenvalue weighted by molar-refractivity contribution is 6.33. The Morgan fingerprint density at radius 3 is 2.60 bits per heavy atom. The summed E-state index contributed by atoms with van der Waals surface area (Å²) in [6, 6.07) is 14.6. The number of anilines is 1. The van der Waals surface area contributed by atoms with Gasteiger partial charge in [0.05, 0.1) is 11.1 Å². The maximum absolute atomic E-state index is 13.0. The number of halogens is 1. The number of carbonyl (C=O) groups excluding carboxylic acids is 2. The van der Waals surface area contributed by atoms with E-state index in [2.05, 4.69) is 0 Å². The van der Waals surface area contributed by atoms with Gasteiger partial charge in [-0.2, -0.15) is 0 Å². The van der Waals surface area contributed by atoms with Crippen molar-refractivity contribution < 1.29 is 14.3 Å². The van der Waals surface area contributed by atoms with E-state index in [-0.39, 0.29) is 11.7 Å². The highest BCUT2D eigenvalue weighted by atomic mass is 35.5. The van der Waals surface area contributed by atoms with Gasteiger partial charge in [0.25, 0.3) is 5.91 Å². The largest absolute Gasteiger partial charge is 0.474 e. The normalized spacial score (nSPS) is 17.6. The number of fused-ring (bicyclic) bond motifs is 1. The summed E-state index contributed by atoms with van der Waals surface area (Å²) in [4.78, 5) is 26.9. The van der Waals surface area contributed by atoms with E-state index in [1.165, 1.54) is 0 Å². The van der Waals surface area contributed by atoms with Crippen LogP contribution in [-0.4, -0.2) is 23.6 Å². The Morgan fingerprint density at radius 2 is 1.96 bits per heavy atom. The summed E-state index contributed by atoms with van der Waals surface area (Å²) in [5.74, 6) is 0.309. The molecule has 0 spiro atoms. The molecule has 2 aromatic rings. The molecular formula is C20H20ClNO3. The van der Waals surface area contributed by atoms with Gasteiger partial charge in [-0.15, -0.1) is 11.6 Å². The van der Waals surface area contributed by atoms with Crippen LogP contribution in [0.1, 0.15) is 42.3 Å². The molecule has 3 rings (SSSR count). The number of nitrogens with zero attached hydrogens (tertiary/aromatic N) is 1. The maximum atomic E-state index is 13.0. The molecule has 1 heterocycles. The highest BCUT2D eigenvalue weighted by Gasteiger charge is 2.35. The number of hydrogen-bond acceptors (Lipinski definition) is 3. The van der Waals surface area contributed by atoms with Crippen LogP contribution >= 0.6 is 11.6 Å². The van der Waals surface area contributed by atoms with Crippen molar-refractivity contribution in [1.29, 1.82) is 0 Å². The molecule has 25 heavy (non-hydrogen) atoms. The molecular weight excluding hydrogens is 338 g/mol. The predicted octanol–water partition coefficient (Wildman–Crippen LogP) is 4.37. The van der Waals surface area contributed by atoms with Crippen LogP contribution in [0.25, 0.3) is 0 Å². The van der Waals surface area contributed by atoms with E-state index in [1.54, 1.807) is 30.0 Å². The fourth-order valence-corrected chi connectivity index (χ4v) is 3.07. The molecule has 1 amide bonds. The van der Waals surface area contributed by atoms with Gasteiger partial charge in [0, 0.05) is 17.7 Å². The smallest absolute Gasteiger partial charge is 0.272 e. The second kappa shape index (κ2) is 7.28. The number of alkyl halides is 1. The van der Waals surface area contributed by atoms with Crippen molar-refractivity contribution in [1.82, 2.24) is 0 Å². The molecule has 0 bridgehead atoms. The van der Waals surface area contributed by atoms with Gasteiger partial charge >= 0.3 is 0 Å². The first-order valence-corrected chi connectivity index (χ1v) is 8.82. The number of Topliss-reactive ketones (excluding diaryl/α,β-unsaturated/α-hetero) is 1. The number of ketones is 1. The molecule has 4 nitrogen and oxygen atoms in total. The lowest BCUT2D eigenvalue weighted by Gasteiger charge is -2.34. The highest BCUT2D eigenvalue weighted by Crippen LogP contribution is 2.39. The Hall–Kier alpha value is -2.33. The molecule has 5 heteroatoms. The van der Waals surface area contributed by atoms with Gasteiger partial charge in [-0.05, 0) is 31.5 Å². The van der Waals surface area contributed by atoms with Crippen LogP contribution in [0.3, 0.4) is 0 Å². The van der Waals surface area contributed by atoms with E-state index in [0.29, 0.717) is 23.5 Å². The van der Waals surface area contributed by atoms with Crippen LogP contribution in [0, 0.1) is 0 Å². The summed E-state index contributed by atoms with van der Waals surface area (Å²) in [7, 11) is 0. The lowest BCUT2D eigenvalue weighted by molar-refractivity contribution is -0.126. The topological polar surface area (TPSA) is 46.6 Å². The number of benzene rings is 2. The third-order valence-corrected chi connectivity index (χ3v) is 4.38.